The van der Waals surface area contributed by atoms with Crippen LogP contribution in [0.2, 0.25) is 0 Å². The number of nitrogens with one attached hydrogen (secondary N) is 1. The van der Waals surface area contributed by atoms with E-state index in [0.717, 1.165) is 35.0 Å². The summed E-state index contributed by atoms with van der Waals surface area (Å²) in [6.07, 6.45) is 0. The zero-order valence-electron chi connectivity index (χ0n) is 12.7. The molecule has 0 saturated heterocycles. The van der Waals surface area contributed by atoms with Crippen LogP contribution in [-0.4, -0.2) is 33.4 Å². The van der Waals surface area contributed by atoms with Crippen LogP contribution in [0.1, 0.15) is 24.0 Å². The second-order valence-electron chi connectivity index (χ2n) is 4.70. The van der Waals surface area contributed by atoms with E-state index in [2.05, 4.69) is 20.4 Å². The molecule has 0 amide bonds. The molecule has 0 atom stereocenters. The number of hydrogen-bond acceptors (Lipinski definition) is 5. The summed E-state index contributed by atoms with van der Waals surface area (Å²) in [4.78, 5) is 9.16. The Morgan fingerprint density at radius 1 is 1.30 bits per heavy atom. The Kier molecular flexibility index (Phi) is 4.34. The Bertz CT molecular complexity index is 582. The predicted octanol–water partition coefficient (Wildman–Crippen LogP) is 2.07. The number of nitrogens with zero attached hydrogens (tertiary/aromatic N) is 4. The summed E-state index contributed by atoms with van der Waals surface area (Å²) in [7, 11) is 3.59. The molecule has 0 spiro atoms. The lowest BCUT2D eigenvalue weighted by molar-refractivity contribution is 0.181. The van der Waals surface area contributed by atoms with Gasteiger partial charge < -0.3 is 10.1 Å². The molecule has 108 valence electrons. The quantitative estimate of drug-likeness (QED) is 0.905. The fourth-order valence-corrected chi connectivity index (χ4v) is 2.20. The van der Waals surface area contributed by atoms with Crippen molar-refractivity contribution < 1.29 is 4.74 Å². The third-order valence-electron chi connectivity index (χ3n) is 3.16. The smallest absolute Gasteiger partial charge is 0.165 e. The van der Waals surface area contributed by atoms with Crippen molar-refractivity contribution in [2.45, 2.75) is 27.4 Å². The van der Waals surface area contributed by atoms with Gasteiger partial charge in [-0.3, -0.25) is 4.68 Å². The summed E-state index contributed by atoms with van der Waals surface area (Å²) in [6.45, 7) is 7.31. The van der Waals surface area contributed by atoms with Crippen LogP contribution in [0.15, 0.2) is 6.07 Å². The van der Waals surface area contributed by atoms with Crippen molar-refractivity contribution in [1.29, 1.82) is 0 Å². The molecule has 6 nitrogen and oxygen atoms in total. The Labute approximate surface area is 119 Å². The normalized spacial score (nSPS) is 10.8. The van der Waals surface area contributed by atoms with Crippen molar-refractivity contribution in [1.82, 2.24) is 19.7 Å². The molecule has 0 unspecified atom stereocenters. The first kappa shape index (κ1) is 14.5. The van der Waals surface area contributed by atoms with Gasteiger partial charge in [-0.05, 0) is 20.8 Å². The van der Waals surface area contributed by atoms with Gasteiger partial charge in [-0.25, -0.2) is 9.97 Å². The van der Waals surface area contributed by atoms with E-state index in [0.29, 0.717) is 12.4 Å². The number of ether oxygens (including phenoxy) is 1. The van der Waals surface area contributed by atoms with Gasteiger partial charge in [0.1, 0.15) is 5.82 Å². The van der Waals surface area contributed by atoms with Crippen molar-refractivity contribution in [3.8, 4) is 11.4 Å². The van der Waals surface area contributed by atoms with Crippen LogP contribution >= 0.6 is 0 Å². The minimum Gasteiger partial charge on any atom is -0.378 e. The molecule has 2 aromatic heterocycles. The second kappa shape index (κ2) is 6.00. The zero-order chi connectivity index (χ0) is 14.7. The maximum atomic E-state index is 5.18. The maximum absolute atomic E-state index is 5.18. The third kappa shape index (κ3) is 2.80. The third-order valence-corrected chi connectivity index (χ3v) is 3.16. The number of aromatic nitrogens is 4. The molecule has 0 bridgehead atoms. The van der Waals surface area contributed by atoms with Gasteiger partial charge in [0.05, 0.1) is 23.6 Å². The summed E-state index contributed by atoms with van der Waals surface area (Å²) >= 11 is 0. The summed E-state index contributed by atoms with van der Waals surface area (Å²) in [5, 5.41) is 7.65. The zero-order valence-corrected chi connectivity index (χ0v) is 12.7. The fraction of sp³-hybridized carbons (Fsp3) is 0.500. The molecule has 0 aliphatic rings. The summed E-state index contributed by atoms with van der Waals surface area (Å²) in [5.41, 5.74) is 3.84. The molecule has 2 aromatic rings. The maximum Gasteiger partial charge on any atom is 0.165 e. The Balaban J connectivity index is 2.54. The van der Waals surface area contributed by atoms with E-state index >= 15 is 0 Å². The highest BCUT2D eigenvalue weighted by Crippen LogP contribution is 2.25. The highest BCUT2D eigenvalue weighted by atomic mass is 16.5. The van der Waals surface area contributed by atoms with Gasteiger partial charge in [0, 0.05) is 32.5 Å². The van der Waals surface area contributed by atoms with Crippen molar-refractivity contribution in [3.63, 3.8) is 0 Å². The molecule has 1 N–H and O–H groups in total. The predicted molar refractivity (Wildman–Crippen MR) is 78.6 cm³/mol. The summed E-state index contributed by atoms with van der Waals surface area (Å²) < 4.78 is 7.03. The number of methoxy groups -OCH3 is 1. The number of hydrogen-bond donors (Lipinski definition) is 1. The highest BCUT2D eigenvalue weighted by molar-refractivity contribution is 5.63. The lowest BCUT2D eigenvalue weighted by atomic mass is 10.2. The van der Waals surface area contributed by atoms with Gasteiger partial charge >= 0.3 is 0 Å². The van der Waals surface area contributed by atoms with E-state index < -0.39 is 0 Å². The number of rotatable bonds is 5. The van der Waals surface area contributed by atoms with Crippen LogP contribution in [0.4, 0.5) is 5.82 Å². The van der Waals surface area contributed by atoms with E-state index in [9.17, 15) is 0 Å². The Hall–Kier alpha value is -1.95. The number of aryl methyl sites for hydroxylation is 2. The standard InChI is InChI=1S/C14H21N5O/c1-6-15-12-7-11(8-20-5)16-14(17-12)13-9(2)18-19(4)10(13)3/h7H,6,8H2,1-5H3,(H,15,16,17). The highest BCUT2D eigenvalue weighted by Gasteiger charge is 2.16. The molecule has 6 heteroatoms. The van der Waals surface area contributed by atoms with Crippen molar-refractivity contribution in [3.05, 3.63) is 23.1 Å². The molecule has 0 saturated carbocycles. The average Bonchev–Trinajstić information content (AvgIpc) is 2.63. The monoisotopic (exact) mass is 275 g/mol. The van der Waals surface area contributed by atoms with Crippen molar-refractivity contribution in [2.24, 2.45) is 7.05 Å². The van der Waals surface area contributed by atoms with Crippen LogP contribution in [-0.2, 0) is 18.4 Å². The molecule has 0 radical (unpaired) electrons. The van der Waals surface area contributed by atoms with E-state index in [1.807, 2.05) is 38.6 Å². The van der Waals surface area contributed by atoms with Gasteiger partial charge in [-0.1, -0.05) is 0 Å². The molecule has 20 heavy (non-hydrogen) atoms. The lowest BCUT2D eigenvalue weighted by Gasteiger charge is -2.09. The topological polar surface area (TPSA) is 64.9 Å². The van der Waals surface area contributed by atoms with Gasteiger partial charge in [-0.15, -0.1) is 0 Å². The van der Waals surface area contributed by atoms with Gasteiger partial charge in [0.15, 0.2) is 5.82 Å². The summed E-state index contributed by atoms with van der Waals surface area (Å²) in [6, 6.07) is 1.91. The first-order valence-corrected chi connectivity index (χ1v) is 6.68. The number of anilines is 1. The van der Waals surface area contributed by atoms with Crippen LogP contribution in [0.3, 0.4) is 0 Å². The molecule has 2 rings (SSSR count). The molecule has 2 heterocycles. The van der Waals surface area contributed by atoms with Gasteiger partial charge in [-0.2, -0.15) is 5.10 Å². The van der Waals surface area contributed by atoms with E-state index in [1.165, 1.54) is 0 Å². The van der Waals surface area contributed by atoms with E-state index in [-0.39, 0.29) is 0 Å². The second-order valence-corrected chi connectivity index (χ2v) is 4.70. The van der Waals surface area contributed by atoms with Crippen molar-refractivity contribution in [2.75, 3.05) is 19.0 Å². The average molecular weight is 275 g/mol. The van der Waals surface area contributed by atoms with Crippen molar-refractivity contribution >= 4 is 5.82 Å². The Morgan fingerprint density at radius 3 is 2.60 bits per heavy atom. The Morgan fingerprint density at radius 2 is 2.05 bits per heavy atom. The fourth-order valence-electron chi connectivity index (χ4n) is 2.20. The molecule has 0 aliphatic heterocycles. The van der Waals surface area contributed by atoms with E-state index in [4.69, 9.17) is 4.74 Å². The minimum absolute atomic E-state index is 0.465. The molecule has 0 aromatic carbocycles. The molecule has 0 fully saturated rings. The van der Waals surface area contributed by atoms with Crippen LogP contribution in [0.5, 0.6) is 0 Å². The molecule has 0 aliphatic carbocycles. The first-order chi connectivity index (χ1) is 9.56. The molecular weight excluding hydrogens is 254 g/mol. The first-order valence-electron chi connectivity index (χ1n) is 6.68. The summed E-state index contributed by atoms with van der Waals surface area (Å²) in [5.74, 6) is 1.51. The minimum atomic E-state index is 0.465. The SMILES string of the molecule is CCNc1cc(COC)nc(-c2c(C)nn(C)c2C)n1. The van der Waals surface area contributed by atoms with Gasteiger partial charge in [0.2, 0.25) is 0 Å². The van der Waals surface area contributed by atoms with Crippen LogP contribution in [0.25, 0.3) is 11.4 Å². The van der Waals surface area contributed by atoms with Crippen LogP contribution in [0, 0.1) is 13.8 Å². The largest absolute Gasteiger partial charge is 0.378 e. The van der Waals surface area contributed by atoms with Gasteiger partial charge in [0.25, 0.3) is 0 Å². The molecular formula is C14H21N5O. The lowest BCUT2D eigenvalue weighted by Crippen LogP contribution is -2.05. The van der Waals surface area contributed by atoms with E-state index in [1.54, 1.807) is 7.11 Å². The van der Waals surface area contributed by atoms with Crippen LogP contribution < -0.4 is 5.32 Å².